The number of ether oxygens (including phenoxy) is 1. The number of methoxy groups -OCH3 is 1. The number of hydrogen-bond acceptors (Lipinski definition) is 7. The van der Waals surface area contributed by atoms with Crippen LogP contribution < -0.4 is 10.6 Å². The average molecular weight is 427 g/mol. The fraction of sp³-hybridized carbons (Fsp3) is 0.250. The summed E-state index contributed by atoms with van der Waals surface area (Å²) in [6.07, 6.45) is 3.40. The lowest BCUT2D eigenvalue weighted by molar-refractivity contribution is -0.117. The number of rotatable bonds is 8. The van der Waals surface area contributed by atoms with Gasteiger partial charge in [0.1, 0.15) is 0 Å². The maximum absolute atomic E-state index is 12.2. The van der Waals surface area contributed by atoms with Gasteiger partial charge in [0.05, 0.1) is 18.0 Å². The minimum Gasteiger partial charge on any atom is -0.383 e. The Balaban J connectivity index is 1.79. The van der Waals surface area contributed by atoms with Gasteiger partial charge in [-0.1, -0.05) is 30.0 Å². The number of nitrogens with one attached hydrogen (secondary N) is 2. The number of aromatic nitrogens is 4. The van der Waals surface area contributed by atoms with Crippen molar-refractivity contribution in [3.05, 3.63) is 54.4 Å². The first-order valence-electron chi connectivity index (χ1n) is 9.21. The first-order valence-corrected chi connectivity index (χ1v) is 10.2. The van der Waals surface area contributed by atoms with Crippen molar-refractivity contribution in [2.24, 2.45) is 0 Å². The predicted molar refractivity (Wildman–Crippen MR) is 113 cm³/mol. The van der Waals surface area contributed by atoms with E-state index in [1.54, 1.807) is 12.4 Å². The maximum atomic E-state index is 12.2. The minimum absolute atomic E-state index is 0.00868. The van der Waals surface area contributed by atoms with Crippen LogP contribution in [0.15, 0.2) is 53.9 Å². The van der Waals surface area contributed by atoms with E-state index in [0.717, 1.165) is 16.8 Å². The van der Waals surface area contributed by atoms with E-state index < -0.39 is 11.9 Å². The van der Waals surface area contributed by atoms with E-state index in [1.807, 2.05) is 47.9 Å². The first-order chi connectivity index (χ1) is 14.6. The van der Waals surface area contributed by atoms with Gasteiger partial charge in [-0.05, 0) is 30.7 Å². The number of urea groups is 1. The summed E-state index contributed by atoms with van der Waals surface area (Å²) in [7, 11) is 1.53. The number of carbonyl (C=O) groups is 2. The number of carbonyl (C=O) groups excluding carboxylic acids is 2. The zero-order valence-corrected chi connectivity index (χ0v) is 17.5. The van der Waals surface area contributed by atoms with Crippen LogP contribution in [0.4, 0.5) is 4.79 Å². The molecule has 0 bridgehead atoms. The van der Waals surface area contributed by atoms with Gasteiger partial charge in [-0.15, -0.1) is 10.2 Å². The van der Waals surface area contributed by atoms with E-state index in [1.165, 1.54) is 18.9 Å². The Labute approximate surface area is 178 Å². The maximum Gasteiger partial charge on any atom is 0.321 e. The van der Waals surface area contributed by atoms with E-state index in [4.69, 9.17) is 4.74 Å². The van der Waals surface area contributed by atoms with Gasteiger partial charge in [-0.2, -0.15) is 0 Å². The number of imide groups is 1. The smallest absolute Gasteiger partial charge is 0.321 e. The number of amides is 3. The fourth-order valence-electron chi connectivity index (χ4n) is 2.68. The van der Waals surface area contributed by atoms with E-state index in [-0.39, 0.29) is 5.75 Å². The van der Waals surface area contributed by atoms with Crippen molar-refractivity contribution in [2.45, 2.75) is 12.1 Å². The number of thioether (sulfide) groups is 1. The van der Waals surface area contributed by atoms with Crippen LogP contribution in [0.1, 0.15) is 5.56 Å². The van der Waals surface area contributed by atoms with E-state index in [0.29, 0.717) is 24.1 Å². The number of pyridine rings is 1. The van der Waals surface area contributed by atoms with Gasteiger partial charge in [-0.3, -0.25) is 19.7 Å². The van der Waals surface area contributed by atoms with Crippen molar-refractivity contribution >= 4 is 23.7 Å². The van der Waals surface area contributed by atoms with Crippen molar-refractivity contribution in [1.29, 1.82) is 0 Å². The molecule has 0 aliphatic heterocycles. The highest BCUT2D eigenvalue weighted by molar-refractivity contribution is 7.99. The lowest BCUT2D eigenvalue weighted by Gasteiger charge is -2.12. The van der Waals surface area contributed by atoms with Crippen molar-refractivity contribution in [3.63, 3.8) is 0 Å². The van der Waals surface area contributed by atoms with Crippen LogP contribution in [0.25, 0.3) is 17.1 Å². The second-order valence-corrected chi connectivity index (χ2v) is 7.20. The van der Waals surface area contributed by atoms with Gasteiger partial charge in [0.25, 0.3) is 0 Å². The topological polar surface area (TPSA) is 111 Å². The highest BCUT2D eigenvalue weighted by Gasteiger charge is 2.19. The van der Waals surface area contributed by atoms with Crippen LogP contribution in [0.2, 0.25) is 0 Å². The molecule has 0 unspecified atom stereocenters. The molecule has 1 aromatic carbocycles. The molecule has 2 heterocycles. The third-order valence-electron chi connectivity index (χ3n) is 4.09. The van der Waals surface area contributed by atoms with Crippen LogP contribution in [0, 0.1) is 6.92 Å². The van der Waals surface area contributed by atoms with E-state index >= 15 is 0 Å². The van der Waals surface area contributed by atoms with Gasteiger partial charge in [0.15, 0.2) is 11.0 Å². The second kappa shape index (κ2) is 10.5. The molecule has 2 aromatic heterocycles. The van der Waals surface area contributed by atoms with E-state index in [9.17, 15) is 9.59 Å². The SMILES string of the molecule is COCCNC(=O)NC(=O)CSc1nnc(-c2cccnc2)n1-c1ccccc1C. The highest BCUT2D eigenvalue weighted by atomic mass is 32.2. The largest absolute Gasteiger partial charge is 0.383 e. The third-order valence-corrected chi connectivity index (χ3v) is 5.02. The Morgan fingerprint density at radius 3 is 2.73 bits per heavy atom. The Bertz CT molecular complexity index is 1010. The minimum atomic E-state index is -0.561. The molecule has 0 fully saturated rings. The molecule has 3 rings (SSSR count). The molecule has 0 saturated heterocycles. The van der Waals surface area contributed by atoms with Gasteiger partial charge in [0.2, 0.25) is 5.91 Å². The lowest BCUT2D eigenvalue weighted by atomic mass is 10.2. The second-order valence-electron chi connectivity index (χ2n) is 6.26. The quantitative estimate of drug-likeness (QED) is 0.420. The Morgan fingerprint density at radius 1 is 1.17 bits per heavy atom. The first kappa shape index (κ1) is 21.5. The van der Waals surface area contributed by atoms with Crippen molar-refractivity contribution < 1.29 is 14.3 Å². The van der Waals surface area contributed by atoms with Crippen molar-refractivity contribution in [1.82, 2.24) is 30.4 Å². The molecular formula is C20H22N6O3S. The Morgan fingerprint density at radius 2 is 2.00 bits per heavy atom. The summed E-state index contributed by atoms with van der Waals surface area (Å²) in [5, 5.41) is 14.0. The summed E-state index contributed by atoms with van der Waals surface area (Å²) < 4.78 is 6.74. The number of hydrogen-bond donors (Lipinski definition) is 2. The molecule has 0 aliphatic rings. The molecule has 9 nitrogen and oxygen atoms in total. The molecule has 3 amide bonds. The van der Waals surface area contributed by atoms with Gasteiger partial charge in [-0.25, -0.2) is 4.79 Å². The molecule has 0 atom stereocenters. The molecule has 0 saturated carbocycles. The number of para-hydroxylation sites is 1. The number of nitrogens with zero attached hydrogens (tertiary/aromatic N) is 4. The van der Waals surface area contributed by atoms with Crippen molar-refractivity contribution in [3.8, 4) is 17.1 Å². The summed E-state index contributed by atoms with van der Waals surface area (Å²) in [6, 6.07) is 11.0. The van der Waals surface area contributed by atoms with Crippen LogP contribution in [0.5, 0.6) is 0 Å². The zero-order chi connectivity index (χ0) is 21.3. The number of aryl methyl sites for hydroxylation is 1. The van der Waals surface area contributed by atoms with Crippen LogP contribution >= 0.6 is 11.8 Å². The predicted octanol–water partition coefficient (Wildman–Crippen LogP) is 2.20. The summed E-state index contributed by atoms with van der Waals surface area (Å²) in [6.45, 7) is 2.68. The zero-order valence-electron chi connectivity index (χ0n) is 16.7. The molecule has 30 heavy (non-hydrogen) atoms. The number of benzene rings is 1. The molecular weight excluding hydrogens is 404 g/mol. The monoisotopic (exact) mass is 426 g/mol. The molecule has 3 aromatic rings. The molecule has 0 spiro atoms. The Hall–Kier alpha value is -3.24. The van der Waals surface area contributed by atoms with Gasteiger partial charge < -0.3 is 10.1 Å². The summed E-state index contributed by atoms with van der Waals surface area (Å²) in [5.74, 6) is 0.198. The lowest BCUT2D eigenvalue weighted by Crippen LogP contribution is -2.41. The summed E-state index contributed by atoms with van der Waals surface area (Å²) in [4.78, 5) is 28.0. The highest BCUT2D eigenvalue weighted by Crippen LogP contribution is 2.28. The molecule has 0 radical (unpaired) electrons. The van der Waals surface area contributed by atoms with Gasteiger partial charge >= 0.3 is 6.03 Å². The Kier molecular flexibility index (Phi) is 7.52. The van der Waals surface area contributed by atoms with Crippen LogP contribution in [-0.4, -0.2) is 57.7 Å². The van der Waals surface area contributed by atoms with Crippen LogP contribution in [-0.2, 0) is 9.53 Å². The molecule has 0 aliphatic carbocycles. The van der Waals surface area contributed by atoms with Gasteiger partial charge in [0, 0.05) is 31.6 Å². The molecule has 10 heteroatoms. The molecule has 156 valence electrons. The third kappa shape index (κ3) is 5.43. The van der Waals surface area contributed by atoms with Crippen LogP contribution in [0.3, 0.4) is 0 Å². The standard InChI is InChI=1S/C20H22N6O3S/c1-14-6-3-4-8-16(14)26-18(15-7-5-9-21-12-15)24-25-20(26)30-13-17(27)23-19(28)22-10-11-29-2/h3-9,12H,10-11,13H2,1-2H3,(H2,22,23,27,28). The summed E-state index contributed by atoms with van der Waals surface area (Å²) >= 11 is 1.20. The normalized spacial score (nSPS) is 10.6. The van der Waals surface area contributed by atoms with Crippen molar-refractivity contribution in [2.75, 3.05) is 26.0 Å². The summed E-state index contributed by atoms with van der Waals surface area (Å²) in [5.41, 5.74) is 2.75. The van der Waals surface area contributed by atoms with E-state index in [2.05, 4.69) is 25.8 Å². The molecule has 2 N–H and O–H groups in total. The fourth-order valence-corrected chi connectivity index (χ4v) is 3.43. The average Bonchev–Trinajstić information content (AvgIpc) is 3.17.